The first-order valence-electron chi connectivity index (χ1n) is 7.98. The minimum absolute atomic E-state index is 0.475. The first-order valence-corrected chi connectivity index (χ1v) is 7.98. The lowest BCUT2D eigenvalue weighted by Crippen LogP contribution is -2.43. The van der Waals surface area contributed by atoms with E-state index in [4.69, 9.17) is 5.73 Å². The predicted octanol–water partition coefficient (Wildman–Crippen LogP) is 1.50. The molecule has 0 radical (unpaired) electrons. The van der Waals surface area contributed by atoms with Crippen molar-refractivity contribution < 1.29 is 10.2 Å². The van der Waals surface area contributed by atoms with E-state index < -0.39 is 11.7 Å². The van der Waals surface area contributed by atoms with Crippen molar-refractivity contribution in [1.29, 1.82) is 0 Å². The highest BCUT2D eigenvalue weighted by molar-refractivity contribution is 5.14. The van der Waals surface area contributed by atoms with Crippen LogP contribution >= 0.6 is 0 Å². The molecule has 118 valence electrons. The molecule has 1 aliphatic rings. The molecule has 1 unspecified atom stereocenters. The van der Waals surface area contributed by atoms with Gasteiger partial charge in [-0.25, -0.2) is 0 Å². The highest BCUT2D eigenvalue weighted by Crippen LogP contribution is 2.35. The van der Waals surface area contributed by atoms with Gasteiger partial charge in [-0.1, -0.05) is 30.3 Å². The van der Waals surface area contributed by atoms with Crippen molar-refractivity contribution in [2.24, 2.45) is 5.73 Å². The first kappa shape index (κ1) is 16.4. The van der Waals surface area contributed by atoms with E-state index in [0.717, 1.165) is 38.8 Å². The van der Waals surface area contributed by atoms with Gasteiger partial charge >= 0.3 is 0 Å². The Morgan fingerprint density at radius 2 is 1.95 bits per heavy atom. The van der Waals surface area contributed by atoms with E-state index in [-0.39, 0.29) is 0 Å². The Labute approximate surface area is 127 Å². The van der Waals surface area contributed by atoms with E-state index in [9.17, 15) is 10.2 Å². The fourth-order valence-electron chi connectivity index (χ4n) is 2.98. The van der Waals surface area contributed by atoms with Gasteiger partial charge in [0.2, 0.25) is 0 Å². The van der Waals surface area contributed by atoms with Gasteiger partial charge in [-0.2, -0.15) is 0 Å². The summed E-state index contributed by atoms with van der Waals surface area (Å²) in [7, 11) is 0. The molecule has 1 aliphatic carbocycles. The third-order valence-corrected chi connectivity index (χ3v) is 4.30. The number of nitrogens with two attached hydrogens (primary N) is 1. The number of rotatable bonds is 9. The number of hydrogen-bond acceptors (Lipinski definition) is 4. The molecule has 0 bridgehead atoms. The van der Waals surface area contributed by atoms with Crippen LogP contribution in [-0.2, 0) is 6.54 Å². The van der Waals surface area contributed by atoms with Crippen molar-refractivity contribution >= 4 is 0 Å². The molecule has 4 nitrogen and oxygen atoms in total. The van der Waals surface area contributed by atoms with Crippen LogP contribution in [0.2, 0.25) is 0 Å². The number of benzene rings is 1. The lowest BCUT2D eigenvalue weighted by atomic mass is 9.76. The third-order valence-electron chi connectivity index (χ3n) is 4.30. The zero-order valence-corrected chi connectivity index (χ0v) is 12.7. The summed E-state index contributed by atoms with van der Waals surface area (Å²) in [6, 6.07) is 10.3. The average Bonchev–Trinajstić information content (AvgIpc) is 2.44. The molecule has 4 heteroatoms. The zero-order chi connectivity index (χ0) is 15.1. The van der Waals surface area contributed by atoms with Crippen molar-refractivity contribution in [2.45, 2.75) is 50.4 Å². The van der Waals surface area contributed by atoms with Gasteiger partial charge in [-0.15, -0.1) is 0 Å². The minimum atomic E-state index is -0.619. The lowest BCUT2D eigenvalue weighted by molar-refractivity contribution is -0.0732. The van der Waals surface area contributed by atoms with Gasteiger partial charge in [0, 0.05) is 19.5 Å². The second kappa shape index (κ2) is 7.90. The fourth-order valence-corrected chi connectivity index (χ4v) is 2.98. The summed E-state index contributed by atoms with van der Waals surface area (Å²) in [6.07, 6.45) is 3.66. The van der Waals surface area contributed by atoms with Crippen LogP contribution in [0.5, 0.6) is 0 Å². The van der Waals surface area contributed by atoms with Gasteiger partial charge in [0.25, 0.3) is 0 Å². The maximum atomic E-state index is 10.3. The molecule has 4 N–H and O–H groups in total. The van der Waals surface area contributed by atoms with Crippen molar-refractivity contribution in [2.75, 3.05) is 19.6 Å². The monoisotopic (exact) mass is 292 g/mol. The normalized spacial score (nSPS) is 18.5. The molecule has 1 aromatic carbocycles. The van der Waals surface area contributed by atoms with Crippen LogP contribution in [0.3, 0.4) is 0 Å². The average molecular weight is 292 g/mol. The molecule has 21 heavy (non-hydrogen) atoms. The molecular formula is C17H28N2O2. The standard InChI is InChI=1S/C17H28N2O2/c18-10-5-11-19(13-15-6-2-1-3-7-15)14-16(20)12-17(21)8-4-9-17/h1-3,6-7,16,20-21H,4-5,8-14,18H2. The van der Waals surface area contributed by atoms with Crippen molar-refractivity contribution in [3.8, 4) is 0 Å². The van der Waals surface area contributed by atoms with E-state index in [2.05, 4.69) is 17.0 Å². The van der Waals surface area contributed by atoms with Gasteiger partial charge < -0.3 is 15.9 Å². The molecule has 1 fully saturated rings. The zero-order valence-electron chi connectivity index (χ0n) is 12.7. The van der Waals surface area contributed by atoms with Crippen LogP contribution in [0, 0.1) is 0 Å². The van der Waals surface area contributed by atoms with Gasteiger partial charge in [-0.05, 0) is 44.3 Å². The summed E-state index contributed by atoms with van der Waals surface area (Å²) >= 11 is 0. The predicted molar refractivity (Wildman–Crippen MR) is 84.8 cm³/mol. The lowest BCUT2D eigenvalue weighted by Gasteiger charge is -2.39. The summed E-state index contributed by atoms with van der Waals surface area (Å²) in [5, 5.41) is 20.4. The SMILES string of the molecule is NCCCN(Cc1ccccc1)CC(O)CC1(O)CCC1. The van der Waals surface area contributed by atoms with Crippen molar-refractivity contribution in [1.82, 2.24) is 4.90 Å². The Hall–Kier alpha value is -0.940. The van der Waals surface area contributed by atoms with Gasteiger partial charge in [0.1, 0.15) is 0 Å². The fraction of sp³-hybridized carbons (Fsp3) is 0.647. The highest BCUT2D eigenvalue weighted by atomic mass is 16.3. The van der Waals surface area contributed by atoms with Crippen LogP contribution in [0.4, 0.5) is 0 Å². The maximum absolute atomic E-state index is 10.3. The Balaban J connectivity index is 1.86. The van der Waals surface area contributed by atoms with E-state index in [1.807, 2.05) is 18.2 Å². The Morgan fingerprint density at radius 1 is 1.24 bits per heavy atom. The molecule has 0 heterocycles. The second-order valence-corrected chi connectivity index (χ2v) is 6.30. The molecular weight excluding hydrogens is 264 g/mol. The molecule has 0 spiro atoms. The number of aliphatic hydroxyl groups excluding tert-OH is 1. The van der Waals surface area contributed by atoms with Crippen LogP contribution in [0.25, 0.3) is 0 Å². The van der Waals surface area contributed by atoms with Crippen LogP contribution in [0.15, 0.2) is 30.3 Å². The summed E-state index contributed by atoms with van der Waals surface area (Å²) in [5.74, 6) is 0. The van der Waals surface area contributed by atoms with Crippen molar-refractivity contribution in [3.05, 3.63) is 35.9 Å². The summed E-state index contributed by atoms with van der Waals surface area (Å²) in [5.41, 5.74) is 6.22. The summed E-state index contributed by atoms with van der Waals surface area (Å²) in [4.78, 5) is 2.23. The third kappa shape index (κ3) is 5.40. The molecule has 0 aliphatic heterocycles. The van der Waals surface area contributed by atoms with E-state index in [1.54, 1.807) is 0 Å². The van der Waals surface area contributed by atoms with Gasteiger partial charge in [-0.3, -0.25) is 4.90 Å². The first-order chi connectivity index (χ1) is 10.1. The largest absolute Gasteiger partial charge is 0.392 e. The quantitative estimate of drug-likeness (QED) is 0.645. The van der Waals surface area contributed by atoms with Crippen molar-refractivity contribution in [3.63, 3.8) is 0 Å². The van der Waals surface area contributed by atoms with Crippen LogP contribution in [-0.4, -0.2) is 46.5 Å². The topological polar surface area (TPSA) is 69.7 Å². The molecule has 0 aromatic heterocycles. The Bertz CT molecular complexity index is 407. The molecule has 2 rings (SSSR count). The van der Waals surface area contributed by atoms with Gasteiger partial charge in [0.15, 0.2) is 0 Å². The number of nitrogens with zero attached hydrogens (tertiary/aromatic N) is 1. The van der Waals surface area contributed by atoms with Gasteiger partial charge in [0.05, 0.1) is 11.7 Å². The Morgan fingerprint density at radius 3 is 2.52 bits per heavy atom. The summed E-state index contributed by atoms with van der Waals surface area (Å²) < 4.78 is 0. The molecule has 0 saturated heterocycles. The molecule has 1 saturated carbocycles. The Kier molecular flexibility index (Phi) is 6.18. The minimum Gasteiger partial charge on any atom is -0.392 e. The second-order valence-electron chi connectivity index (χ2n) is 6.30. The molecule has 0 amide bonds. The van der Waals surface area contributed by atoms with Crippen LogP contribution < -0.4 is 5.73 Å². The van der Waals surface area contributed by atoms with E-state index >= 15 is 0 Å². The maximum Gasteiger partial charge on any atom is 0.0694 e. The number of aliphatic hydroxyl groups is 2. The van der Waals surface area contributed by atoms with Crippen LogP contribution in [0.1, 0.15) is 37.7 Å². The highest BCUT2D eigenvalue weighted by Gasteiger charge is 2.36. The molecule has 1 atom stereocenters. The summed E-state index contributed by atoms with van der Waals surface area (Å²) in [6.45, 7) is 2.94. The smallest absolute Gasteiger partial charge is 0.0694 e. The van der Waals surface area contributed by atoms with E-state index in [0.29, 0.717) is 19.5 Å². The molecule has 1 aromatic rings. The number of hydrogen-bond donors (Lipinski definition) is 3. The van der Waals surface area contributed by atoms with E-state index in [1.165, 1.54) is 5.56 Å².